The van der Waals surface area contributed by atoms with E-state index in [9.17, 15) is 0 Å². The molecule has 10 rings (SSSR count). The van der Waals surface area contributed by atoms with Crippen molar-refractivity contribution in [3.8, 4) is 33.4 Å². The van der Waals surface area contributed by atoms with Crippen LogP contribution in [0.2, 0.25) is 0 Å². The zero-order valence-electron chi connectivity index (χ0n) is 31.8. The largest absolute Gasteiger partial charge is 0.310 e. The Balaban J connectivity index is 1.13. The fourth-order valence-corrected chi connectivity index (χ4v) is 10.7. The van der Waals surface area contributed by atoms with Crippen LogP contribution in [-0.2, 0) is 10.8 Å². The van der Waals surface area contributed by atoms with Gasteiger partial charge in [-0.05, 0) is 104 Å². The summed E-state index contributed by atoms with van der Waals surface area (Å²) in [6.45, 7) is 9.66. The van der Waals surface area contributed by atoms with Crippen LogP contribution >= 0.6 is 11.3 Å². The van der Waals surface area contributed by atoms with Gasteiger partial charge in [-0.1, -0.05) is 161 Å². The summed E-state index contributed by atoms with van der Waals surface area (Å²) >= 11 is 1.95. The van der Waals surface area contributed by atoms with E-state index in [4.69, 9.17) is 0 Å². The van der Waals surface area contributed by atoms with Gasteiger partial charge >= 0.3 is 0 Å². The van der Waals surface area contributed by atoms with Gasteiger partial charge in [0, 0.05) is 42.5 Å². The molecule has 1 heterocycles. The van der Waals surface area contributed by atoms with E-state index in [0.29, 0.717) is 0 Å². The summed E-state index contributed by atoms with van der Waals surface area (Å²) in [5.41, 5.74) is 14.2. The van der Waals surface area contributed by atoms with Crippen LogP contribution in [0.1, 0.15) is 45.2 Å². The van der Waals surface area contributed by atoms with Crippen LogP contribution in [0.5, 0.6) is 0 Å². The Bertz CT molecular complexity index is 2780. The average molecular weight is 726 g/mol. The predicted octanol–water partition coefficient (Wildman–Crippen LogP) is 15.6. The highest BCUT2D eigenvalue weighted by molar-refractivity contribution is 7.26. The minimum Gasteiger partial charge on any atom is -0.310 e. The first kappa shape index (κ1) is 33.6. The van der Waals surface area contributed by atoms with Gasteiger partial charge in [0.25, 0.3) is 0 Å². The summed E-state index contributed by atoms with van der Waals surface area (Å²) < 4.78 is 2.75. The molecule has 0 saturated carbocycles. The molecule has 0 N–H and O–H groups in total. The minimum atomic E-state index is 0.167. The summed E-state index contributed by atoms with van der Waals surface area (Å²) in [7, 11) is 0. The zero-order valence-corrected chi connectivity index (χ0v) is 32.6. The number of fused-ring (bicyclic) bond motifs is 5. The zero-order chi connectivity index (χ0) is 37.3. The van der Waals surface area contributed by atoms with Crippen molar-refractivity contribution >= 4 is 59.3 Å². The maximum Gasteiger partial charge on any atom is 0.0540 e. The standard InChI is InChI=1S/C53H43NS/c1-52(2)34-53(3,4)48-33-50-46(32-47(48)52)45-22-12-21-44(51(45)55-50)42-18-11-20-43-41(42)19-13-23-49(43)54(39-28-24-37(25-29-39)35-14-7-5-8-15-35)40-30-26-38(27-31-40)36-16-9-6-10-17-36/h5-33H,34H2,1-4H3. The molecule has 0 saturated heterocycles. The molecule has 0 bridgehead atoms. The van der Waals surface area contributed by atoms with Crippen molar-refractivity contribution in [2.75, 3.05) is 4.90 Å². The Morgan fingerprint density at radius 2 is 0.909 bits per heavy atom. The van der Waals surface area contributed by atoms with Crippen LogP contribution in [0.25, 0.3) is 64.3 Å². The fourth-order valence-electron chi connectivity index (χ4n) is 9.49. The highest BCUT2D eigenvalue weighted by atomic mass is 32.1. The normalized spacial score (nSPS) is 14.4. The molecule has 1 aromatic heterocycles. The maximum absolute atomic E-state index is 2.52. The first-order valence-electron chi connectivity index (χ1n) is 19.4. The molecule has 0 radical (unpaired) electrons. The lowest BCUT2D eigenvalue weighted by Gasteiger charge is -2.27. The molecule has 9 aromatic rings. The Hall–Kier alpha value is -5.96. The van der Waals surface area contributed by atoms with Gasteiger partial charge < -0.3 is 4.90 Å². The molecule has 0 amide bonds. The van der Waals surface area contributed by atoms with Gasteiger partial charge in [-0.15, -0.1) is 11.3 Å². The number of hydrogen-bond donors (Lipinski definition) is 0. The van der Waals surface area contributed by atoms with Crippen molar-refractivity contribution in [3.63, 3.8) is 0 Å². The number of hydrogen-bond acceptors (Lipinski definition) is 2. The summed E-state index contributed by atoms with van der Waals surface area (Å²) in [4.78, 5) is 2.42. The first-order chi connectivity index (χ1) is 26.7. The monoisotopic (exact) mass is 725 g/mol. The first-order valence-corrected chi connectivity index (χ1v) is 20.2. The summed E-state index contributed by atoms with van der Waals surface area (Å²) in [5, 5.41) is 5.21. The smallest absolute Gasteiger partial charge is 0.0540 e. The molecule has 1 nitrogen and oxygen atoms in total. The van der Waals surface area contributed by atoms with Gasteiger partial charge in [-0.25, -0.2) is 0 Å². The third-order valence-corrected chi connectivity index (χ3v) is 13.1. The Morgan fingerprint density at radius 1 is 0.418 bits per heavy atom. The molecule has 0 fully saturated rings. The van der Waals surface area contributed by atoms with Gasteiger partial charge in [0.1, 0.15) is 0 Å². The van der Waals surface area contributed by atoms with Crippen molar-refractivity contribution in [3.05, 3.63) is 187 Å². The van der Waals surface area contributed by atoms with Crippen molar-refractivity contribution in [1.29, 1.82) is 0 Å². The molecule has 1 aliphatic rings. The summed E-state index contributed by atoms with van der Waals surface area (Å²) in [6, 6.07) is 64.8. The second-order valence-electron chi connectivity index (χ2n) is 16.5. The second-order valence-corrected chi connectivity index (χ2v) is 17.5. The van der Waals surface area contributed by atoms with E-state index in [1.165, 1.54) is 81.9 Å². The molecule has 1 aliphatic carbocycles. The molecule has 2 heteroatoms. The van der Waals surface area contributed by atoms with Crippen LogP contribution in [0.4, 0.5) is 17.1 Å². The lowest BCUT2D eigenvalue weighted by molar-refractivity contribution is 0.403. The molecular weight excluding hydrogens is 683 g/mol. The quantitative estimate of drug-likeness (QED) is 0.165. The number of nitrogens with zero attached hydrogens (tertiary/aromatic N) is 1. The van der Waals surface area contributed by atoms with Crippen molar-refractivity contribution in [2.45, 2.75) is 44.9 Å². The molecule has 266 valence electrons. The van der Waals surface area contributed by atoms with Crippen molar-refractivity contribution in [2.24, 2.45) is 0 Å². The third kappa shape index (κ3) is 5.67. The molecular formula is C53H43NS. The van der Waals surface area contributed by atoms with E-state index in [0.717, 1.165) is 17.1 Å². The number of thiophene rings is 1. The van der Waals surface area contributed by atoms with Gasteiger partial charge in [0.2, 0.25) is 0 Å². The Kier molecular flexibility index (Phi) is 7.83. The van der Waals surface area contributed by atoms with Crippen LogP contribution in [0, 0.1) is 0 Å². The molecule has 0 atom stereocenters. The molecule has 0 unspecified atom stereocenters. The minimum absolute atomic E-state index is 0.167. The lowest BCUT2D eigenvalue weighted by atomic mass is 9.82. The fraction of sp³-hybridized carbons (Fsp3) is 0.132. The van der Waals surface area contributed by atoms with Gasteiger partial charge in [-0.3, -0.25) is 0 Å². The van der Waals surface area contributed by atoms with E-state index < -0.39 is 0 Å². The molecule has 55 heavy (non-hydrogen) atoms. The molecule has 8 aromatic carbocycles. The average Bonchev–Trinajstić information content (AvgIpc) is 3.68. The predicted molar refractivity (Wildman–Crippen MR) is 238 cm³/mol. The van der Waals surface area contributed by atoms with Crippen LogP contribution in [0.3, 0.4) is 0 Å². The van der Waals surface area contributed by atoms with E-state index in [1.807, 2.05) is 11.3 Å². The van der Waals surface area contributed by atoms with E-state index >= 15 is 0 Å². The molecule has 0 aliphatic heterocycles. The molecule has 0 spiro atoms. The van der Waals surface area contributed by atoms with Gasteiger partial charge in [-0.2, -0.15) is 0 Å². The number of benzene rings is 8. The van der Waals surface area contributed by atoms with Gasteiger partial charge in [0.15, 0.2) is 0 Å². The topological polar surface area (TPSA) is 3.24 Å². The maximum atomic E-state index is 2.52. The third-order valence-electron chi connectivity index (χ3n) is 11.9. The van der Waals surface area contributed by atoms with E-state index in [2.05, 4.69) is 209 Å². The van der Waals surface area contributed by atoms with Crippen LogP contribution in [0.15, 0.2) is 176 Å². The van der Waals surface area contributed by atoms with Crippen LogP contribution < -0.4 is 4.90 Å². The van der Waals surface area contributed by atoms with Crippen molar-refractivity contribution < 1.29 is 0 Å². The Labute approximate surface area is 328 Å². The highest BCUT2D eigenvalue weighted by Gasteiger charge is 2.42. The summed E-state index contributed by atoms with van der Waals surface area (Å²) in [5.74, 6) is 0. The SMILES string of the molecule is CC1(C)CC(C)(C)c2cc3c(cc21)sc1c(-c2cccc4c(N(c5ccc(-c6ccccc6)cc5)c5ccc(-c6ccccc6)cc5)cccc24)cccc13. The van der Waals surface area contributed by atoms with Gasteiger partial charge in [0.05, 0.1) is 5.69 Å². The van der Waals surface area contributed by atoms with E-state index in [1.54, 1.807) is 0 Å². The highest BCUT2D eigenvalue weighted by Crippen LogP contribution is 2.53. The summed E-state index contributed by atoms with van der Waals surface area (Å²) in [6.07, 6.45) is 1.18. The van der Waals surface area contributed by atoms with Crippen molar-refractivity contribution in [1.82, 2.24) is 0 Å². The number of anilines is 3. The number of rotatable bonds is 6. The second kappa shape index (κ2) is 12.8. The lowest BCUT2D eigenvalue weighted by Crippen LogP contribution is -2.17. The van der Waals surface area contributed by atoms with Crippen LogP contribution in [-0.4, -0.2) is 0 Å². The van der Waals surface area contributed by atoms with E-state index in [-0.39, 0.29) is 10.8 Å². The Morgan fingerprint density at radius 3 is 1.51 bits per heavy atom.